The van der Waals surface area contributed by atoms with Gasteiger partial charge in [-0.1, -0.05) is 56.3 Å². The van der Waals surface area contributed by atoms with Crippen LogP contribution in [0.5, 0.6) is 0 Å². The van der Waals surface area contributed by atoms with Crippen molar-refractivity contribution in [2.45, 2.75) is 62.9 Å². The molecule has 2 N–H and O–H groups in total. The third kappa shape index (κ3) is 6.68. The van der Waals surface area contributed by atoms with E-state index in [2.05, 4.69) is 23.9 Å². The van der Waals surface area contributed by atoms with E-state index in [1.54, 1.807) is 24.3 Å². The Labute approximate surface area is 174 Å². The van der Waals surface area contributed by atoms with Crippen molar-refractivity contribution in [3.8, 4) is 0 Å². The number of nitrogens with one attached hydrogen (secondary N) is 2. The lowest BCUT2D eigenvalue weighted by atomic mass is 9.96. The standard InChI is InChI=1S/C23H30N2O3S/c1-17(2)16-22(19-6-4-3-5-7-19)24-23(26)15-10-18-8-13-21(14-9-18)29(27,28)25-20-11-12-20/h3-9,13-14,17,20,22,25H,10-12,15-16H2,1-2H3,(H,24,26). The van der Waals surface area contributed by atoms with Gasteiger partial charge in [-0.2, -0.15) is 0 Å². The summed E-state index contributed by atoms with van der Waals surface area (Å²) in [5.41, 5.74) is 2.07. The van der Waals surface area contributed by atoms with Crippen LogP contribution in [0.4, 0.5) is 0 Å². The van der Waals surface area contributed by atoms with E-state index in [4.69, 9.17) is 0 Å². The average molecular weight is 415 g/mol. The highest BCUT2D eigenvalue weighted by Crippen LogP contribution is 2.23. The molecule has 5 nitrogen and oxygen atoms in total. The zero-order valence-corrected chi connectivity index (χ0v) is 17.9. The predicted molar refractivity (Wildman–Crippen MR) is 115 cm³/mol. The van der Waals surface area contributed by atoms with Gasteiger partial charge in [-0.15, -0.1) is 0 Å². The van der Waals surface area contributed by atoms with E-state index in [0.717, 1.165) is 30.4 Å². The van der Waals surface area contributed by atoms with E-state index < -0.39 is 10.0 Å². The van der Waals surface area contributed by atoms with Crippen molar-refractivity contribution < 1.29 is 13.2 Å². The van der Waals surface area contributed by atoms with Crippen LogP contribution in [0.25, 0.3) is 0 Å². The van der Waals surface area contributed by atoms with Crippen molar-refractivity contribution in [2.24, 2.45) is 5.92 Å². The number of hydrogen-bond donors (Lipinski definition) is 2. The molecular formula is C23H30N2O3S. The van der Waals surface area contributed by atoms with Crippen LogP contribution in [-0.4, -0.2) is 20.4 Å². The van der Waals surface area contributed by atoms with Gasteiger partial charge in [0.2, 0.25) is 15.9 Å². The summed E-state index contributed by atoms with van der Waals surface area (Å²) >= 11 is 0. The number of rotatable bonds is 10. The molecule has 2 aromatic rings. The van der Waals surface area contributed by atoms with E-state index >= 15 is 0 Å². The number of carbonyl (C=O) groups excluding carboxylic acids is 1. The van der Waals surface area contributed by atoms with Gasteiger partial charge in [0.25, 0.3) is 0 Å². The number of amides is 1. The average Bonchev–Trinajstić information content (AvgIpc) is 3.50. The second kappa shape index (κ2) is 9.55. The molecule has 0 radical (unpaired) electrons. The Kier molecular flexibility index (Phi) is 7.09. The van der Waals surface area contributed by atoms with Gasteiger partial charge in [0, 0.05) is 12.5 Å². The van der Waals surface area contributed by atoms with Gasteiger partial charge in [0.15, 0.2) is 0 Å². The van der Waals surface area contributed by atoms with Gasteiger partial charge in [0.1, 0.15) is 0 Å². The van der Waals surface area contributed by atoms with Gasteiger partial charge in [-0.3, -0.25) is 4.79 Å². The van der Waals surface area contributed by atoms with Crippen molar-refractivity contribution in [2.75, 3.05) is 0 Å². The van der Waals surface area contributed by atoms with Crippen molar-refractivity contribution in [1.29, 1.82) is 0 Å². The number of hydrogen-bond acceptors (Lipinski definition) is 3. The number of aryl methyl sites for hydroxylation is 1. The predicted octanol–water partition coefficient (Wildman–Crippen LogP) is 3.96. The molecule has 3 rings (SSSR count). The van der Waals surface area contributed by atoms with Crippen LogP contribution in [0.1, 0.15) is 56.7 Å². The molecule has 1 unspecified atom stereocenters. The lowest BCUT2D eigenvalue weighted by Gasteiger charge is -2.21. The molecule has 1 amide bonds. The third-order valence-electron chi connectivity index (χ3n) is 5.02. The summed E-state index contributed by atoms with van der Waals surface area (Å²) in [5.74, 6) is 0.478. The minimum atomic E-state index is -3.43. The minimum absolute atomic E-state index is 0.00437. The summed E-state index contributed by atoms with van der Waals surface area (Å²) in [5, 5.41) is 3.15. The molecule has 1 saturated carbocycles. The maximum absolute atomic E-state index is 12.5. The Bertz CT molecular complexity index is 905. The minimum Gasteiger partial charge on any atom is -0.349 e. The Balaban J connectivity index is 1.55. The first-order valence-electron chi connectivity index (χ1n) is 10.3. The summed E-state index contributed by atoms with van der Waals surface area (Å²) in [6.07, 6.45) is 3.65. The van der Waals surface area contributed by atoms with Crippen LogP contribution in [-0.2, 0) is 21.2 Å². The fraction of sp³-hybridized carbons (Fsp3) is 0.435. The Morgan fingerprint density at radius 1 is 1.03 bits per heavy atom. The zero-order chi connectivity index (χ0) is 20.9. The molecule has 2 aromatic carbocycles. The molecule has 0 aromatic heterocycles. The first-order valence-corrected chi connectivity index (χ1v) is 11.8. The third-order valence-corrected chi connectivity index (χ3v) is 6.55. The van der Waals surface area contributed by atoms with Crippen LogP contribution in [0, 0.1) is 5.92 Å². The van der Waals surface area contributed by atoms with Gasteiger partial charge < -0.3 is 5.32 Å². The molecule has 0 heterocycles. The summed E-state index contributed by atoms with van der Waals surface area (Å²) in [4.78, 5) is 12.8. The maximum Gasteiger partial charge on any atom is 0.240 e. The fourth-order valence-electron chi connectivity index (χ4n) is 3.28. The highest BCUT2D eigenvalue weighted by molar-refractivity contribution is 7.89. The maximum atomic E-state index is 12.5. The molecule has 0 bridgehead atoms. The van der Waals surface area contributed by atoms with Crippen LogP contribution < -0.4 is 10.0 Å². The van der Waals surface area contributed by atoms with E-state index in [1.807, 2.05) is 30.3 Å². The van der Waals surface area contributed by atoms with E-state index in [0.29, 0.717) is 18.8 Å². The molecule has 156 valence electrons. The number of carbonyl (C=O) groups is 1. The number of sulfonamides is 1. The molecule has 1 aliphatic carbocycles. The second-order valence-electron chi connectivity index (χ2n) is 8.20. The molecule has 0 aliphatic heterocycles. The summed E-state index contributed by atoms with van der Waals surface area (Å²) < 4.78 is 27.1. The fourth-order valence-corrected chi connectivity index (χ4v) is 4.59. The largest absolute Gasteiger partial charge is 0.349 e. The Hall–Kier alpha value is -2.18. The number of benzene rings is 2. The van der Waals surface area contributed by atoms with Crippen molar-refractivity contribution in [1.82, 2.24) is 10.0 Å². The highest BCUT2D eigenvalue weighted by Gasteiger charge is 2.27. The van der Waals surface area contributed by atoms with Crippen LogP contribution >= 0.6 is 0 Å². The Morgan fingerprint density at radius 2 is 1.69 bits per heavy atom. The topological polar surface area (TPSA) is 75.3 Å². The van der Waals surface area contributed by atoms with Gasteiger partial charge in [-0.05, 0) is 54.9 Å². The lowest BCUT2D eigenvalue weighted by molar-refractivity contribution is -0.121. The highest BCUT2D eigenvalue weighted by atomic mass is 32.2. The molecule has 1 fully saturated rings. The van der Waals surface area contributed by atoms with E-state index in [-0.39, 0.29) is 22.9 Å². The molecule has 0 spiro atoms. The van der Waals surface area contributed by atoms with Crippen LogP contribution in [0.15, 0.2) is 59.5 Å². The van der Waals surface area contributed by atoms with Crippen molar-refractivity contribution >= 4 is 15.9 Å². The zero-order valence-electron chi connectivity index (χ0n) is 17.1. The molecular weight excluding hydrogens is 384 g/mol. The van der Waals surface area contributed by atoms with E-state index in [1.165, 1.54) is 0 Å². The van der Waals surface area contributed by atoms with Crippen molar-refractivity contribution in [3.05, 3.63) is 65.7 Å². The lowest BCUT2D eigenvalue weighted by Crippen LogP contribution is -2.29. The smallest absolute Gasteiger partial charge is 0.240 e. The quantitative estimate of drug-likeness (QED) is 0.618. The molecule has 6 heteroatoms. The first kappa shape index (κ1) is 21.5. The Morgan fingerprint density at radius 3 is 2.28 bits per heavy atom. The normalized spacial score (nSPS) is 15.3. The molecule has 1 aliphatic rings. The van der Waals surface area contributed by atoms with Crippen LogP contribution in [0.2, 0.25) is 0 Å². The SMILES string of the molecule is CC(C)CC(NC(=O)CCc1ccc(S(=O)(=O)NC2CC2)cc1)c1ccccc1. The van der Waals surface area contributed by atoms with Crippen LogP contribution in [0.3, 0.4) is 0 Å². The summed E-state index contributed by atoms with van der Waals surface area (Å²) in [7, 11) is -3.43. The molecule has 29 heavy (non-hydrogen) atoms. The van der Waals surface area contributed by atoms with Gasteiger partial charge >= 0.3 is 0 Å². The van der Waals surface area contributed by atoms with Crippen molar-refractivity contribution in [3.63, 3.8) is 0 Å². The summed E-state index contributed by atoms with van der Waals surface area (Å²) in [6, 6.07) is 16.9. The molecule has 0 saturated heterocycles. The molecule has 1 atom stereocenters. The summed E-state index contributed by atoms with van der Waals surface area (Å²) in [6.45, 7) is 4.30. The monoisotopic (exact) mass is 414 g/mol. The van der Waals surface area contributed by atoms with E-state index in [9.17, 15) is 13.2 Å². The van der Waals surface area contributed by atoms with Gasteiger partial charge in [-0.25, -0.2) is 13.1 Å². The second-order valence-corrected chi connectivity index (χ2v) is 9.91. The first-order chi connectivity index (χ1) is 13.8. The van der Waals surface area contributed by atoms with Gasteiger partial charge in [0.05, 0.1) is 10.9 Å².